The van der Waals surface area contributed by atoms with Crippen molar-refractivity contribution < 1.29 is 9.84 Å². The van der Waals surface area contributed by atoms with Gasteiger partial charge in [0.1, 0.15) is 0 Å². The summed E-state index contributed by atoms with van der Waals surface area (Å²) in [5.74, 6) is 0. The average molecular weight is 263 g/mol. The van der Waals surface area contributed by atoms with Crippen molar-refractivity contribution >= 4 is 0 Å². The predicted molar refractivity (Wildman–Crippen MR) is 77.3 cm³/mol. The van der Waals surface area contributed by atoms with Gasteiger partial charge in [0, 0.05) is 26.2 Å². The zero-order valence-corrected chi connectivity index (χ0v) is 12.2. The van der Waals surface area contributed by atoms with E-state index < -0.39 is 6.10 Å². The monoisotopic (exact) mass is 263 g/mol. The zero-order valence-electron chi connectivity index (χ0n) is 12.2. The van der Waals surface area contributed by atoms with Gasteiger partial charge in [-0.2, -0.15) is 0 Å². The van der Waals surface area contributed by atoms with Crippen molar-refractivity contribution in [2.75, 3.05) is 26.2 Å². The predicted octanol–water partition coefficient (Wildman–Crippen LogP) is 2.45. The van der Waals surface area contributed by atoms with Gasteiger partial charge in [-0.05, 0) is 32.8 Å². The highest BCUT2D eigenvalue weighted by molar-refractivity contribution is 5.30. The lowest BCUT2D eigenvalue weighted by Gasteiger charge is -2.25. The number of rotatable bonds is 3. The molecule has 1 N–H and O–H groups in total. The van der Waals surface area contributed by atoms with Crippen LogP contribution in [-0.2, 0) is 4.74 Å². The molecule has 1 aliphatic rings. The van der Waals surface area contributed by atoms with Crippen LogP contribution in [0.5, 0.6) is 0 Å². The van der Waals surface area contributed by atoms with E-state index in [0.29, 0.717) is 6.54 Å². The summed E-state index contributed by atoms with van der Waals surface area (Å²) in [6.45, 7) is 9.68. The maximum atomic E-state index is 10.4. The number of nitrogens with zero attached hydrogens (tertiary/aromatic N) is 1. The minimum atomic E-state index is -0.413. The number of β-amino-alcohol motifs (C(OH)–C–C–N with tert-alkyl or cyclic N) is 1. The van der Waals surface area contributed by atoms with Crippen LogP contribution in [0.25, 0.3) is 0 Å². The summed E-state index contributed by atoms with van der Waals surface area (Å²) in [5, 5.41) is 10.4. The highest BCUT2D eigenvalue weighted by atomic mass is 16.5. The van der Waals surface area contributed by atoms with Crippen molar-refractivity contribution in [2.24, 2.45) is 0 Å². The molecule has 2 atom stereocenters. The molecule has 1 fully saturated rings. The Morgan fingerprint density at radius 3 is 2.68 bits per heavy atom. The van der Waals surface area contributed by atoms with Crippen molar-refractivity contribution in [2.45, 2.75) is 39.4 Å². The Morgan fingerprint density at radius 2 is 2.00 bits per heavy atom. The fraction of sp³-hybridized carbons (Fsp3) is 0.625. The summed E-state index contributed by atoms with van der Waals surface area (Å²) in [7, 11) is 0. The molecule has 1 saturated heterocycles. The Balaban J connectivity index is 2.01. The molecular weight excluding hydrogens is 238 g/mol. The Morgan fingerprint density at radius 1 is 1.32 bits per heavy atom. The van der Waals surface area contributed by atoms with E-state index in [9.17, 15) is 5.11 Å². The smallest absolute Gasteiger partial charge is 0.0917 e. The summed E-state index contributed by atoms with van der Waals surface area (Å²) in [6, 6.07) is 6.29. The number of ether oxygens (including phenoxy) is 1. The molecule has 3 nitrogen and oxygen atoms in total. The molecule has 0 radical (unpaired) electrons. The summed E-state index contributed by atoms with van der Waals surface area (Å²) < 4.78 is 5.64. The molecule has 2 unspecified atom stereocenters. The summed E-state index contributed by atoms with van der Waals surface area (Å²) in [4.78, 5) is 2.31. The third-order valence-electron chi connectivity index (χ3n) is 3.60. The number of hydrogen-bond donors (Lipinski definition) is 1. The lowest BCUT2D eigenvalue weighted by atomic mass is 10.0. The van der Waals surface area contributed by atoms with Crippen LogP contribution in [0.3, 0.4) is 0 Å². The Kier molecular flexibility index (Phi) is 4.97. The summed E-state index contributed by atoms with van der Waals surface area (Å²) in [6.07, 6.45) is 0.891. The topological polar surface area (TPSA) is 32.7 Å². The molecule has 1 aromatic rings. The average Bonchev–Trinajstić information content (AvgIpc) is 2.52. The second-order valence-electron chi connectivity index (χ2n) is 5.73. The van der Waals surface area contributed by atoms with Gasteiger partial charge >= 0.3 is 0 Å². The SMILES string of the molecule is Cc1cc(C)cc(C(O)CN2CCCOC(C)C2)c1. The van der Waals surface area contributed by atoms with Gasteiger partial charge in [-0.1, -0.05) is 29.3 Å². The molecule has 0 aliphatic carbocycles. The highest BCUT2D eigenvalue weighted by Crippen LogP contribution is 2.19. The van der Waals surface area contributed by atoms with Crippen LogP contribution in [0, 0.1) is 13.8 Å². The van der Waals surface area contributed by atoms with Crippen molar-refractivity contribution in [1.29, 1.82) is 0 Å². The van der Waals surface area contributed by atoms with E-state index in [0.717, 1.165) is 31.7 Å². The van der Waals surface area contributed by atoms with Crippen molar-refractivity contribution in [3.05, 3.63) is 34.9 Å². The zero-order chi connectivity index (χ0) is 13.8. The van der Waals surface area contributed by atoms with E-state index in [1.807, 2.05) is 0 Å². The molecule has 19 heavy (non-hydrogen) atoms. The van der Waals surface area contributed by atoms with Crippen LogP contribution in [0.1, 0.15) is 36.1 Å². The first kappa shape index (κ1) is 14.5. The van der Waals surface area contributed by atoms with Gasteiger partial charge in [0.15, 0.2) is 0 Å². The number of aliphatic hydroxyl groups excluding tert-OH is 1. The van der Waals surface area contributed by atoms with Gasteiger partial charge in [-0.15, -0.1) is 0 Å². The third kappa shape index (κ3) is 4.30. The normalized spacial score (nSPS) is 23.1. The molecule has 2 rings (SSSR count). The fourth-order valence-electron chi connectivity index (χ4n) is 2.80. The number of hydrogen-bond acceptors (Lipinski definition) is 3. The first-order chi connectivity index (χ1) is 9.04. The van der Waals surface area contributed by atoms with Gasteiger partial charge in [0.25, 0.3) is 0 Å². The number of aliphatic hydroxyl groups is 1. The first-order valence-corrected chi connectivity index (χ1v) is 7.15. The highest BCUT2D eigenvalue weighted by Gasteiger charge is 2.18. The number of benzene rings is 1. The van der Waals surface area contributed by atoms with Crippen molar-refractivity contribution in [3.63, 3.8) is 0 Å². The lowest BCUT2D eigenvalue weighted by molar-refractivity contribution is 0.0562. The summed E-state index contributed by atoms with van der Waals surface area (Å²) >= 11 is 0. The molecule has 0 aromatic heterocycles. The van der Waals surface area contributed by atoms with Gasteiger partial charge < -0.3 is 9.84 Å². The van der Waals surface area contributed by atoms with Crippen LogP contribution in [-0.4, -0.2) is 42.4 Å². The first-order valence-electron chi connectivity index (χ1n) is 7.15. The van der Waals surface area contributed by atoms with Crippen molar-refractivity contribution in [3.8, 4) is 0 Å². The second kappa shape index (κ2) is 6.51. The summed E-state index contributed by atoms with van der Waals surface area (Å²) in [5.41, 5.74) is 3.44. The molecule has 0 spiro atoms. The van der Waals surface area contributed by atoms with Gasteiger partial charge in [0.2, 0.25) is 0 Å². The maximum absolute atomic E-state index is 10.4. The Bertz CT molecular complexity index is 399. The van der Waals surface area contributed by atoms with E-state index >= 15 is 0 Å². The minimum Gasteiger partial charge on any atom is -0.387 e. The molecule has 106 valence electrons. The van der Waals surface area contributed by atoms with Gasteiger partial charge in [0.05, 0.1) is 12.2 Å². The van der Waals surface area contributed by atoms with Crippen LogP contribution in [0.2, 0.25) is 0 Å². The van der Waals surface area contributed by atoms with Crippen LogP contribution < -0.4 is 0 Å². The van der Waals surface area contributed by atoms with Gasteiger partial charge in [-0.25, -0.2) is 0 Å². The minimum absolute atomic E-state index is 0.258. The number of aryl methyl sites for hydroxylation is 2. The van der Waals surface area contributed by atoms with E-state index in [4.69, 9.17) is 4.74 Å². The second-order valence-corrected chi connectivity index (χ2v) is 5.73. The van der Waals surface area contributed by atoms with Crippen LogP contribution >= 0.6 is 0 Å². The van der Waals surface area contributed by atoms with Crippen molar-refractivity contribution in [1.82, 2.24) is 4.90 Å². The third-order valence-corrected chi connectivity index (χ3v) is 3.60. The quantitative estimate of drug-likeness (QED) is 0.909. The largest absolute Gasteiger partial charge is 0.387 e. The Hall–Kier alpha value is -0.900. The van der Waals surface area contributed by atoms with Crippen LogP contribution in [0.15, 0.2) is 18.2 Å². The standard InChI is InChI=1S/C16H25NO2/c1-12-7-13(2)9-15(8-12)16(18)11-17-5-4-6-19-14(3)10-17/h7-9,14,16,18H,4-6,10-11H2,1-3H3. The lowest BCUT2D eigenvalue weighted by Crippen LogP contribution is -2.33. The molecule has 1 heterocycles. The van der Waals surface area contributed by atoms with E-state index in [1.165, 1.54) is 11.1 Å². The molecule has 0 amide bonds. The molecule has 1 aliphatic heterocycles. The fourth-order valence-corrected chi connectivity index (χ4v) is 2.80. The molecule has 3 heteroatoms. The van der Waals surface area contributed by atoms with E-state index in [-0.39, 0.29) is 6.10 Å². The molecular formula is C16H25NO2. The molecule has 1 aromatic carbocycles. The molecule has 0 saturated carbocycles. The van der Waals surface area contributed by atoms with E-state index in [2.05, 4.69) is 43.9 Å². The van der Waals surface area contributed by atoms with Crippen LogP contribution in [0.4, 0.5) is 0 Å². The Labute approximate surface area is 116 Å². The van der Waals surface area contributed by atoms with E-state index in [1.54, 1.807) is 0 Å². The maximum Gasteiger partial charge on any atom is 0.0917 e. The molecule has 0 bridgehead atoms. The van der Waals surface area contributed by atoms with Gasteiger partial charge in [-0.3, -0.25) is 4.90 Å².